The van der Waals surface area contributed by atoms with Crippen molar-refractivity contribution in [3.63, 3.8) is 0 Å². The number of nitrogens with zero attached hydrogens (tertiary/aromatic N) is 1. The number of hydrogen-bond acceptors (Lipinski definition) is 3. The largest absolute Gasteiger partial charge is 0.389 e. The van der Waals surface area contributed by atoms with Crippen LogP contribution in [0.3, 0.4) is 0 Å². The van der Waals surface area contributed by atoms with E-state index in [4.69, 9.17) is 0 Å². The predicted octanol–water partition coefficient (Wildman–Crippen LogP) is 1.61. The SMILES string of the molecule is CCC(O)(CC)CN1CCCCC1CNC. The lowest BCUT2D eigenvalue weighted by atomic mass is 9.93. The zero-order valence-corrected chi connectivity index (χ0v) is 11.1. The summed E-state index contributed by atoms with van der Waals surface area (Å²) >= 11 is 0. The Labute approximate surface area is 100 Å². The molecule has 0 aromatic rings. The van der Waals surface area contributed by atoms with E-state index in [1.807, 2.05) is 7.05 Å². The summed E-state index contributed by atoms with van der Waals surface area (Å²) in [5.74, 6) is 0. The van der Waals surface area contributed by atoms with Crippen LogP contribution in [0.25, 0.3) is 0 Å². The lowest BCUT2D eigenvalue weighted by Gasteiger charge is -2.40. The number of nitrogens with one attached hydrogen (secondary N) is 1. The summed E-state index contributed by atoms with van der Waals surface area (Å²) in [5.41, 5.74) is -0.483. The standard InChI is InChI=1S/C13H28N2O/c1-4-13(16,5-2)11-15-9-7-6-8-12(15)10-14-3/h12,14,16H,4-11H2,1-3H3. The predicted molar refractivity (Wildman–Crippen MR) is 68.7 cm³/mol. The van der Waals surface area contributed by atoms with E-state index in [9.17, 15) is 5.11 Å². The fourth-order valence-corrected chi connectivity index (χ4v) is 2.59. The van der Waals surface area contributed by atoms with Crippen molar-refractivity contribution in [1.29, 1.82) is 0 Å². The first-order chi connectivity index (χ1) is 7.65. The molecular formula is C13H28N2O. The van der Waals surface area contributed by atoms with Crippen LogP contribution in [0, 0.1) is 0 Å². The maximum atomic E-state index is 10.4. The molecule has 0 saturated carbocycles. The highest BCUT2D eigenvalue weighted by Crippen LogP contribution is 2.22. The fraction of sp³-hybridized carbons (Fsp3) is 1.00. The first-order valence-corrected chi connectivity index (χ1v) is 6.76. The second kappa shape index (κ2) is 6.58. The van der Waals surface area contributed by atoms with Crippen LogP contribution in [-0.2, 0) is 0 Å². The van der Waals surface area contributed by atoms with E-state index in [-0.39, 0.29) is 0 Å². The quantitative estimate of drug-likeness (QED) is 0.725. The van der Waals surface area contributed by atoms with E-state index in [1.54, 1.807) is 0 Å². The molecule has 0 aliphatic carbocycles. The van der Waals surface area contributed by atoms with E-state index >= 15 is 0 Å². The molecular weight excluding hydrogens is 200 g/mol. The normalized spacial score (nSPS) is 23.6. The Hall–Kier alpha value is -0.120. The Morgan fingerprint density at radius 1 is 1.31 bits per heavy atom. The molecule has 0 radical (unpaired) electrons. The third-order valence-electron chi connectivity index (χ3n) is 4.00. The topological polar surface area (TPSA) is 35.5 Å². The molecule has 0 aromatic heterocycles. The van der Waals surface area contributed by atoms with Gasteiger partial charge in [0.15, 0.2) is 0 Å². The Balaban J connectivity index is 2.54. The molecule has 3 heteroatoms. The van der Waals surface area contributed by atoms with Crippen LogP contribution < -0.4 is 5.32 Å². The monoisotopic (exact) mass is 228 g/mol. The van der Waals surface area contributed by atoms with Crippen molar-refractivity contribution < 1.29 is 5.11 Å². The zero-order valence-electron chi connectivity index (χ0n) is 11.1. The summed E-state index contributed by atoms with van der Waals surface area (Å²) in [4.78, 5) is 2.48. The molecule has 16 heavy (non-hydrogen) atoms. The average Bonchev–Trinajstić information content (AvgIpc) is 2.32. The molecule has 0 amide bonds. The van der Waals surface area contributed by atoms with Crippen molar-refractivity contribution in [1.82, 2.24) is 10.2 Å². The minimum atomic E-state index is -0.483. The van der Waals surface area contributed by atoms with Gasteiger partial charge in [0.05, 0.1) is 5.60 Å². The molecule has 0 aromatic carbocycles. The molecule has 1 unspecified atom stereocenters. The van der Waals surface area contributed by atoms with E-state index in [0.717, 1.165) is 32.5 Å². The highest BCUT2D eigenvalue weighted by atomic mass is 16.3. The van der Waals surface area contributed by atoms with Crippen molar-refractivity contribution in [3.8, 4) is 0 Å². The van der Waals surface area contributed by atoms with Gasteiger partial charge in [-0.15, -0.1) is 0 Å². The Kier molecular flexibility index (Phi) is 5.73. The minimum absolute atomic E-state index is 0.483. The lowest BCUT2D eigenvalue weighted by Crippen LogP contribution is -2.51. The second-order valence-corrected chi connectivity index (χ2v) is 5.11. The molecule has 0 spiro atoms. The number of aliphatic hydroxyl groups is 1. The molecule has 1 atom stereocenters. The molecule has 2 N–H and O–H groups in total. The number of piperidine rings is 1. The van der Waals surface area contributed by atoms with E-state index < -0.39 is 5.60 Å². The summed E-state index contributed by atoms with van der Waals surface area (Å²) in [6.45, 7) is 7.20. The average molecular weight is 228 g/mol. The van der Waals surface area contributed by atoms with Gasteiger partial charge in [-0.05, 0) is 39.3 Å². The first-order valence-electron chi connectivity index (χ1n) is 6.76. The lowest BCUT2D eigenvalue weighted by molar-refractivity contribution is -0.0223. The molecule has 1 saturated heterocycles. The summed E-state index contributed by atoms with van der Waals surface area (Å²) < 4.78 is 0. The summed E-state index contributed by atoms with van der Waals surface area (Å²) in [6.07, 6.45) is 5.59. The molecule has 1 heterocycles. The van der Waals surface area contributed by atoms with E-state index in [1.165, 1.54) is 19.3 Å². The van der Waals surface area contributed by atoms with Crippen LogP contribution in [0.1, 0.15) is 46.0 Å². The fourth-order valence-electron chi connectivity index (χ4n) is 2.59. The van der Waals surface area contributed by atoms with Crippen LogP contribution in [-0.4, -0.2) is 48.3 Å². The first kappa shape index (κ1) is 13.9. The summed E-state index contributed by atoms with van der Waals surface area (Å²) in [7, 11) is 2.01. The number of likely N-dealkylation sites (N-methyl/N-ethyl adjacent to an activating group) is 1. The van der Waals surface area contributed by atoms with Gasteiger partial charge in [0.2, 0.25) is 0 Å². The maximum absolute atomic E-state index is 10.4. The van der Waals surface area contributed by atoms with Gasteiger partial charge in [0.25, 0.3) is 0 Å². The number of β-amino-alcohol motifs (C(OH)–C–C–N with tert-alkyl or cyclic N) is 1. The van der Waals surface area contributed by atoms with Crippen molar-refractivity contribution in [3.05, 3.63) is 0 Å². The molecule has 1 aliphatic heterocycles. The number of likely N-dealkylation sites (tertiary alicyclic amines) is 1. The van der Waals surface area contributed by atoms with Crippen molar-refractivity contribution in [2.24, 2.45) is 0 Å². The molecule has 0 bridgehead atoms. The van der Waals surface area contributed by atoms with Crippen LogP contribution in [0.4, 0.5) is 0 Å². The Morgan fingerprint density at radius 3 is 2.56 bits per heavy atom. The molecule has 1 rings (SSSR count). The Morgan fingerprint density at radius 2 is 2.00 bits per heavy atom. The second-order valence-electron chi connectivity index (χ2n) is 5.11. The van der Waals surface area contributed by atoms with Crippen molar-refractivity contribution >= 4 is 0 Å². The van der Waals surface area contributed by atoms with Gasteiger partial charge in [-0.25, -0.2) is 0 Å². The number of rotatable bonds is 6. The summed E-state index contributed by atoms with van der Waals surface area (Å²) in [6, 6.07) is 0.614. The molecule has 1 fully saturated rings. The van der Waals surface area contributed by atoms with E-state index in [0.29, 0.717) is 6.04 Å². The summed E-state index contributed by atoms with van der Waals surface area (Å²) in [5, 5.41) is 13.7. The molecule has 1 aliphatic rings. The van der Waals surface area contributed by atoms with Gasteiger partial charge in [-0.3, -0.25) is 4.90 Å². The molecule has 96 valence electrons. The van der Waals surface area contributed by atoms with Gasteiger partial charge in [0.1, 0.15) is 0 Å². The smallest absolute Gasteiger partial charge is 0.0769 e. The zero-order chi connectivity index (χ0) is 12.0. The van der Waals surface area contributed by atoms with Crippen molar-refractivity contribution in [2.75, 3.05) is 26.7 Å². The van der Waals surface area contributed by atoms with Crippen LogP contribution in [0.15, 0.2) is 0 Å². The Bertz CT molecular complexity index is 190. The van der Waals surface area contributed by atoms with Crippen LogP contribution in [0.5, 0.6) is 0 Å². The highest BCUT2D eigenvalue weighted by molar-refractivity contribution is 4.86. The van der Waals surface area contributed by atoms with Gasteiger partial charge < -0.3 is 10.4 Å². The van der Waals surface area contributed by atoms with Gasteiger partial charge in [-0.2, -0.15) is 0 Å². The van der Waals surface area contributed by atoms with E-state index in [2.05, 4.69) is 24.1 Å². The third kappa shape index (κ3) is 3.72. The number of hydrogen-bond donors (Lipinski definition) is 2. The van der Waals surface area contributed by atoms with Gasteiger partial charge in [-0.1, -0.05) is 20.3 Å². The van der Waals surface area contributed by atoms with Crippen LogP contribution >= 0.6 is 0 Å². The van der Waals surface area contributed by atoms with Gasteiger partial charge >= 0.3 is 0 Å². The highest BCUT2D eigenvalue weighted by Gasteiger charge is 2.30. The molecule has 3 nitrogen and oxygen atoms in total. The third-order valence-corrected chi connectivity index (χ3v) is 4.00. The minimum Gasteiger partial charge on any atom is -0.389 e. The van der Waals surface area contributed by atoms with Crippen LogP contribution in [0.2, 0.25) is 0 Å². The van der Waals surface area contributed by atoms with Gasteiger partial charge in [0, 0.05) is 19.1 Å². The van der Waals surface area contributed by atoms with Crippen molar-refractivity contribution in [2.45, 2.75) is 57.6 Å². The maximum Gasteiger partial charge on any atom is 0.0769 e.